The number of aryl methyl sites for hydroxylation is 1. The topological polar surface area (TPSA) is 67.2 Å². The molecule has 1 unspecified atom stereocenters. The number of nitrogens with zero attached hydrogens (tertiary/aromatic N) is 1. The van der Waals surface area contributed by atoms with E-state index >= 15 is 0 Å². The molecule has 3 rings (SSSR count). The number of halogens is 2. The van der Waals surface area contributed by atoms with E-state index in [4.69, 9.17) is 4.52 Å². The molecule has 0 radical (unpaired) electrons. The normalized spacial score (nSPS) is 22.1. The van der Waals surface area contributed by atoms with Crippen LogP contribution < -0.4 is 10.6 Å². The number of alkyl halides is 2. The van der Waals surface area contributed by atoms with Crippen LogP contribution in [0.5, 0.6) is 0 Å². The molecule has 0 aliphatic heterocycles. The molecular formula is C19H29F2N3O2. The van der Waals surface area contributed by atoms with Crippen LogP contribution in [-0.2, 0) is 24.2 Å². The first kappa shape index (κ1) is 19.3. The van der Waals surface area contributed by atoms with Crippen molar-refractivity contribution in [2.75, 3.05) is 6.54 Å². The highest BCUT2D eigenvalue weighted by Crippen LogP contribution is 2.42. The fraction of sp³-hybridized carbons (Fsp3) is 0.789. The first-order chi connectivity index (χ1) is 12.4. The van der Waals surface area contributed by atoms with Crippen molar-refractivity contribution in [1.29, 1.82) is 0 Å². The highest BCUT2D eigenvalue weighted by molar-refractivity contribution is 5.79. The van der Waals surface area contributed by atoms with Gasteiger partial charge in [-0.15, -0.1) is 0 Å². The zero-order valence-corrected chi connectivity index (χ0v) is 15.6. The predicted octanol–water partition coefficient (Wildman–Crippen LogP) is 3.22. The number of carbonyl (C=O) groups is 1. The molecule has 1 fully saturated rings. The number of rotatable bonds is 8. The van der Waals surface area contributed by atoms with E-state index in [1.54, 1.807) is 0 Å². The number of fused-ring (bicyclic) bond motifs is 1. The molecular weight excluding hydrogens is 340 g/mol. The van der Waals surface area contributed by atoms with Gasteiger partial charge in [0.05, 0.1) is 6.54 Å². The molecule has 26 heavy (non-hydrogen) atoms. The Labute approximate surface area is 153 Å². The average Bonchev–Trinajstić information content (AvgIpc) is 3.00. The lowest BCUT2D eigenvalue weighted by Crippen LogP contribution is -2.45. The maximum atomic E-state index is 12.9. The second-order valence-corrected chi connectivity index (χ2v) is 7.74. The van der Waals surface area contributed by atoms with E-state index in [1.807, 2.05) is 0 Å². The van der Waals surface area contributed by atoms with E-state index in [0.29, 0.717) is 12.0 Å². The van der Waals surface area contributed by atoms with Crippen LogP contribution in [0.15, 0.2) is 4.52 Å². The number of amides is 1. The smallest absolute Gasteiger partial charge is 0.249 e. The Hall–Kier alpha value is -1.50. The summed E-state index contributed by atoms with van der Waals surface area (Å²) in [5.41, 5.74) is 1.80. The second-order valence-electron chi connectivity index (χ2n) is 7.74. The minimum Gasteiger partial charge on any atom is -0.361 e. The molecule has 0 bridgehead atoms. The molecule has 5 nitrogen and oxygen atoms in total. The average molecular weight is 369 g/mol. The third kappa shape index (κ3) is 4.42. The van der Waals surface area contributed by atoms with Crippen molar-refractivity contribution in [2.24, 2.45) is 11.8 Å². The van der Waals surface area contributed by atoms with Gasteiger partial charge in [0.15, 0.2) is 0 Å². The summed E-state index contributed by atoms with van der Waals surface area (Å²) in [6.07, 6.45) is 4.34. The van der Waals surface area contributed by atoms with Gasteiger partial charge in [0.2, 0.25) is 11.8 Å². The Kier molecular flexibility index (Phi) is 5.95. The summed E-state index contributed by atoms with van der Waals surface area (Å²) in [5, 5.41) is 10.5. The van der Waals surface area contributed by atoms with Gasteiger partial charge in [-0.2, -0.15) is 0 Å². The molecule has 0 aromatic carbocycles. The van der Waals surface area contributed by atoms with Crippen molar-refractivity contribution >= 4 is 5.91 Å². The molecule has 7 heteroatoms. The molecule has 1 saturated carbocycles. The monoisotopic (exact) mass is 369 g/mol. The number of carbonyl (C=O) groups excluding carboxylic acids is 1. The molecule has 1 heterocycles. The summed E-state index contributed by atoms with van der Waals surface area (Å²) in [6, 6.07) is 0.391. The molecule has 2 aliphatic carbocycles. The van der Waals surface area contributed by atoms with Crippen LogP contribution in [0.3, 0.4) is 0 Å². The molecule has 0 saturated heterocycles. The summed E-state index contributed by atoms with van der Waals surface area (Å²) >= 11 is 0. The van der Waals surface area contributed by atoms with Gasteiger partial charge in [-0.3, -0.25) is 4.79 Å². The van der Waals surface area contributed by atoms with Gasteiger partial charge in [0, 0.05) is 36.8 Å². The van der Waals surface area contributed by atoms with Crippen molar-refractivity contribution in [1.82, 2.24) is 15.8 Å². The zero-order valence-electron chi connectivity index (χ0n) is 15.6. The highest BCUT2D eigenvalue weighted by Gasteiger charge is 2.48. The summed E-state index contributed by atoms with van der Waals surface area (Å²) in [4.78, 5) is 12.0. The first-order valence-corrected chi connectivity index (χ1v) is 9.77. The van der Waals surface area contributed by atoms with Crippen LogP contribution in [0.2, 0.25) is 0 Å². The minimum atomic E-state index is -2.68. The van der Waals surface area contributed by atoms with Crippen molar-refractivity contribution < 1.29 is 18.1 Å². The van der Waals surface area contributed by atoms with Gasteiger partial charge < -0.3 is 15.2 Å². The first-order valence-electron chi connectivity index (χ1n) is 9.77. The molecule has 146 valence electrons. The third-order valence-electron chi connectivity index (χ3n) is 5.86. The fourth-order valence-electron chi connectivity index (χ4n) is 3.85. The number of hydrogen-bond acceptors (Lipinski definition) is 4. The van der Waals surface area contributed by atoms with Crippen LogP contribution >= 0.6 is 0 Å². The molecule has 1 aromatic rings. The van der Waals surface area contributed by atoms with Crippen molar-refractivity contribution in [3.8, 4) is 0 Å². The van der Waals surface area contributed by atoms with Crippen molar-refractivity contribution in [3.63, 3.8) is 0 Å². The number of aromatic nitrogens is 1. The van der Waals surface area contributed by atoms with Gasteiger partial charge in [0.25, 0.3) is 0 Å². The Morgan fingerprint density at radius 2 is 2.08 bits per heavy atom. The molecule has 0 spiro atoms. The number of hydrogen-bond donors (Lipinski definition) is 2. The maximum absolute atomic E-state index is 12.9. The quantitative estimate of drug-likeness (QED) is 0.738. The van der Waals surface area contributed by atoms with Crippen molar-refractivity contribution in [3.05, 3.63) is 17.0 Å². The van der Waals surface area contributed by atoms with Gasteiger partial charge >= 0.3 is 0 Å². The molecule has 1 atom stereocenters. The summed E-state index contributed by atoms with van der Waals surface area (Å²) in [7, 11) is 0. The van der Waals surface area contributed by atoms with E-state index in [9.17, 15) is 13.6 Å². The third-order valence-corrected chi connectivity index (χ3v) is 5.86. The van der Waals surface area contributed by atoms with Crippen LogP contribution in [0.4, 0.5) is 8.78 Å². The maximum Gasteiger partial charge on any atom is 0.249 e. The molecule has 2 N–H and O–H groups in total. The Balaban J connectivity index is 1.51. The molecule has 1 amide bonds. The van der Waals surface area contributed by atoms with E-state index < -0.39 is 11.8 Å². The lowest BCUT2D eigenvalue weighted by Gasteiger charge is -2.33. The van der Waals surface area contributed by atoms with Crippen LogP contribution in [0.1, 0.15) is 63.0 Å². The molecule has 1 aromatic heterocycles. The van der Waals surface area contributed by atoms with E-state index in [2.05, 4.69) is 29.6 Å². The Morgan fingerprint density at radius 3 is 2.73 bits per heavy atom. The highest BCUT2D eigenvalue weighted by atomic mass is 19.3. The van der Waals surface area contributed by atoms with E-state index in [0.717, 1.165) is 42.8 Å². The standard InChI is InChI=1S/C19H29F2N3O2/c1-3-12(4-2)10-22-14-5-6-17-15(7-14)16(24-26-17)11-23-18(25)13-8-19(20,21)9-13/h12-14,22H,3-11H2,1-2H3,(H,23,25). The Bertz CT molecular complexity index is 620. The number of nitrogens with one attached hydrogen (secondary N) is 2. The summed E-state index contributed by atoms with van der Waals surface area (Å²) in [5.74, 6) is -1.99. The van der Waals surface area contributed by atoms with Crippen molar-refractivity contribution in [2.45, 2.75) is 77.3 Å². The van der Waals surface area contributed by atoms with E-state index in [1.165, 1.54) is 12.8 Å². The fourth-order valence-corrected chi connectivity index (χ4v) is 3.85. The summed E-state index contributed by atoms with van der Waals surface area (Å²) in [6.45, 7) is 5.69. The second kappa shape index (κ2) is 8.03. The molecule has 2 aliphatic rings. The summed E-state index contributed by atoms with van der Waals surface area (Å²) < 4.78 is 31.2. The lowest BCUT2D eigenvalue weighted by atomic mass is 9.81. The largest absolute Gasteiger partial charge is 0.361 e. The van der Waals surface area contributed by atoms with Gasteiger partial charge in [-0.1, -0.05) is 31.8 Å². The Morgan fingerprint density at radius 1 is 1.35 bits per heavy atom. The van der Waals surface area contributed by atoms with Crippen LogP contribution in [0.25, 0.3) is 0 Å². The van der Waals surface area contributed by atoms with Gasteiger partial charge in [0.1, 0.15) is 11.5 Å². The minimum absolute atomic E-state index is 0.249. The van der Waals surface area contributed by atoms with Gasteiger partial charge in [-0.25, -0.2) is 8.78 Å². The van der Waals surface area contributed by atoms with Crippen LogP contribution in [-0.4, -0.2) is 29.6 Å². The van der Waals surface area contributed by atoms with E-state index in [-0.39, 0.29) is 25.3 Å². The predicted molar refractivity (Wildman–Crippen MR) is 93.9 cm³/mol. The zero-order chi connectivity index (χ0) is 18.7. The van der Waals surface area contributed by atoms with Crippen LogP contribution in [0, 0.1) is 11.8 Å². The SMILES string of the molecule is CCC(CC)CNC1CCc2onc(CNC(=O)C3CC(F)(F)C3)c2C1. The lowest BCUT2D eigenvalue weighted by molar-refractivity contribution is -0.150. The van der Waals surface area contributed by atoms with Gasteiger partial charge in [-0.05, 0) is 25.3 Å².